The van der Waals surface area contributed by atoms with Crippen molar-refractivity contribution < 1.29 is 9.90 Å². The van der Waals surface area contributed by atoms with Gasteiger partial charge < -0.3 is 15.7 Å². The van der Waals surface area contributed by atoms with Crippen molar-refractivity contribution in [1.82, 2.24) is 10.6 Å². The standard InChI is InChI=1S/C11H22N2O2/c1-3-5-9(12-4-2)10(14)11(15)13-8-6-7-8/h8-10,12,14H,3-7H2,1-2H3,(H,13,15). The highest BCUT2D eigenvalue weighted by atomic mass is 16.3. The molecule has 0 heterocycles. The van der Waals surface area contributed by atoms with Crippen LogP contribution in [0.15, 0.2) is 0 Å². The van der Waals surface area contributed by atoms with Crippen LogP contribution < -0.4 is 10.6 Å². The molecule has 1 fully saturated rings. The summed E-state index contributed by atoms with van der Waals surface area (Å²) in [6.45, 7) is 4.81. The minimum Gasteiger partial charge on any atom is -0.382 e. The van der Waals surface area contributed by atoms with Gasteiger partial charge in [-0.25, -0.2) is 0 Å². The predicted octanol–water partition coefficient (Wildman–Crippen LogP) is 0.404. The van der Waals surface area contributed by atoms with E-state index in [1.807, 2.05) is 6.92 Å². The normalized spacial score (nSPS) is 19.7. The van der Waals surface area contributed by atoms with E-state index in [2.05, 4.69) is 17.6 Å². The summed E-state index contributed by atoms with van der Waals surface area (Å²) in [7, 11) is 0. The lowest BCUT2D eigenvalue weighted by Gasteiger charge is -2.22. The van der Waals surface area contributed by atoms with E-state index in [1.165, 1.54) is 0 Å². The van der Waals surface area contributed by atoms with Gasteiger partial charge in [-0.3, -0.25) is 4.79 Å². The lowest BCUT2D eigenvalue weighted by atomic mass is 10.1. The Balaban J connectivity index is 2.37. The summed E-state index contributed by atoms with van der Waals surface area (Å²) in [5.41, 5.74) is 0. The van der Waals surface area contributed by atoms with Crippen LogP contribution in [0.25, 0.3) is 0 Å². The Morgan fingerprint density at radius 1 is 1.47 bits per heavy atom. The van der Waals surface area contributed by atoms with Crippen LogP contribution in [-0.4, -0.2) is 35.7 Å². The largest absolute Gasteiger partial charge is 0.382 e. The number of nitrogens with one attached hydrogen (secondary N) is 2. The minimum absolute atomic E-state index is 0.112. The van der Waals surface area contributed by atoms with E-state index in [1.54, 1.807) is 0 Å². The van der Waals surface area contributed by atoms with E-state index < -0.39 is 6.10 Å². The molecule has 0 aliphatic heterocycles. The van der Waals surface area contributed by atoms with Crippen molar-refractivity contribution >= 4 is 5.91 Å². The SMILES string of the molecule is CCCC(NCC)C(O)C(=O)NC1CC1. The zero-order chi connectivity index (χ0) is 11.3. The second-order valence-electron chi connectivity index (χ2n) is 4.18. The molecule has 0 bridgehead atoms. The van der Waals surface area contributed by atoms with Crippen LogP contribution in [0.2, 0.25) is 0 Å². The Labute approximate surface area is 91.4 Å². The van der Waals surface area contributed by atoms with Crippen LogP contribution in [-0.2, 0) is 4.79 Å². The van der Waals surface area contributed by atoms with Crippen LogP contribution in [0.1, 0.15) is 39.5 Å². The summed E-state index contributed by atoms with van der Waals surface area (Å²) in [5.74, 6) is -0.225. The van der Waals surface area contributed by atoms with E-state index in [0.717, 1.165) is 32.2 Å². The maximum atomic E-state index is 11.6. The molecule has 0 spiro atoms. The smallest absolute Gasteiger partial charge is 0.250 e. The third kappa shape index (κ3) is 4.18. The first-order chi connectivity index (χ1) is 7.19. The summed E-state index contributed by atoms with van der Waals surface area (Å²) < 4.78 is 0. The number of carbonyl (C=O) groups excluding carboxylic acids is 1. The Hall–Kier alpha value is -0.610. The monoisotopic (exact) mass is 214 g/mol. The first-order valence-electron chi connectivity index (χ1n) is 5.90. The van der Waals surface area contributed by atoms with Crippen LogP contribution in [0.4, 0.5) is 0 Å². The van der Waals surface area contributed by atoms with Gasteiger partial charge in [-0.1, -0.05) is 20.3 Å². The van der Waals surface area contributed by atoms with Gasteiger partial charge in [-0.2, -0.15) is 0 Å². The van der Waals surface area contributed by atoms with Gasteiger partial charge >= 0.3 is 0 Å². The van der Waals surface area contributed by atoms with Gasteiger partial charge in [0.25, 0.3) is 5.91 Å². The van der Waals surface area contributed by atoms with Crippen LogP contribution in [0, 0.1) is 0 Å². The van der Waals surface area contributed by atoms with Gasteiger partial charge in [0, 0.05) is 12.1 Å². The van der Waals surface area contributed by atoms with Gasteiger partial charge in [0.2, 0.25) is 0 Å². The Morgan fingerprint density at radius 2 is 2.13 bits per heavy atom. The molecule has 4 nitrogen and oxygen atoms in total. The number of aliphatic hydroxyl groups excluding tert-OH is 1. The molecule has 0 saturated heterocycles. The Kier molecular flexibility index (Phi) is 5.05. The lowest BCUT2D eigenvalue weighted by molar-refractivity contribution is -0.131. The molecule has 0 radical (unpaired) electrons. The summed E-state index contributed by atoms with van der Waals surface area (Å²) in [6.07, 6.45) is 2.99. The second kappa shape index (κ2) is 6.08. The van der Waals surface area contributed by atoms with Gasteiger partial charge in [0.05, 0.1) is 0 Å². The minimum atomic E-state index is -0.912. The van der Waals surface area contributed by atoms with Gasteiger partial charge in [0.1, 0.15) is 6.10 Å². The molecule has 1 aliphatic carbocycles. The fourth-order valence-electron chi connectivity index (χ4n) is 1.64. The average Bonchev–Trinajstić information content (AvgIpc) is 3.00. The molecule has 4 heteroatoms. The van der Waals surface area contributed by atoms with E-state index in [0.29, 0.717) is 6.04 Å². The summed E-state index contributed by atoms with van der Waals surface area (Å²) >= 11 is 0. The maximum Gasteiger partial charge on any atom is 0.250 e. The Morgan fingerprint density at radius 3 is 2.60 bits per heavy atom. The molecule has 15 heavy (non-hydrogen) atoms. The van der Waals surface area contributed by atoms with Crippen molar-refractivity contribution in [3.63, 3.8) is 0 Å². The quantitative estimate of drug-likeness (QED) is 0.575. The van der Waals surface area contributed by atoms with Crippen LogP contribution in [0.3, 0.4) is 0 Å². The number of likely N-dealkylation sites (N-methyl/N-ethyl adjacent to an activating group) is 1. The number of carbonyl (C=O) groups is 1. The number of amides is 1. The summed E-state index contributed by atoms with van der Waals surface area (Å²) in [6, 6.07) is 0.204. The molecule has 1 rings (SSSR count). The molecule has 0 aromatic rings. The van der Waals surface area contributed by atoms with Crippen molar-refractivity contribution in [2.24, 2.45) is 0 Å². The van der Waals surface area contributed by atoms with Crippen molar-refractivity contribution in [2.75, 3.05) is 6.54 Å². The highest BCUT2D eigenvalue weighted by molar-refractivity contribution is 5.81. The van der Waals surface area contributed by atoms with Crippen molar-refractivity contribution in [2.45, 2.75) is 57.7 Å². The Bertz CT molecular complexity index is 199. The third-order valence-electron chi connectivity index (χ3n) is 2.64. The van der Waals surface area contributed by atoms with E-state index in [9.17, 15) is 9.90 Å². The molecule has 2 unspecified atom stereocenters. The number of rotatable bonds is 7. The zero-order valence-corrected chi connectivity index (χ0v) is 9.62. The second-order valence-corrected chi connectivity index (χ2v) is 4.18. The lowest BCUT2D eigenvalue weighted by Crippen LogP contribution is -2.49. The molecule has 0 aromatic carbocycles. The molecule has 1 saturated carbocycles. The molecule has 0 aromatic heterocycles. The fraction of sp³-hybridized carbons (Fsp3) is 0.909. The van der Waals surface area contributed by atoms with E-state index in [-0.39, 0.29) is 11.9 Å². The average molecular weight is 214 g/mol. The zero-order valence-electron chi connectivity index (χ0n) is 9.62. The number of hydrogen-bond acceptors (Lipinski definition) is 3. The summed E-state index contributed by atoms with van der Waals surface area (Å²) in [5, 5.41) is 15.8. The highest BCUT2D eigenvalue weighted by Gasteiger charge is 2.30. The molecule has 1 aliphatic rings. The van der Waals surface area contributed by atoms with Crippen LogP contribution in [0.5, 0.6) is 0 Å². The van der Waals surface area contributed by atoms with E-state index >= 15 is 0 Å². The predicted molar refractivity (Wildman–Crippen MR) is 59.5 cm³/mol. The van der Waals surface area contributed by atoms with Gasteiger partial charge in [-0.05, 0) is 25.8 Å². The first kappa shape index (κ1) is 12.5. The van der Waals surface area contributed by atoms with Gasteiger partial charge in [0.15, 0.2) is 0 Å². The molecular weight excluding hydrogens is 192 g/mol. The number of hydrogen-bond donors (Lipinski definition) is 3. The summed E-state index contributed by atoms with van der Waals surface area (Å²) in [4.78, 5) is 11.6. The fourth-order valence-corrected chi connectivity index (χ4v) is 1.64. The van der Waals surface area contributed by atoms with Crippen molar-refractivity contribution in [3.8, 4) is 0 Å². The molecule has 2 atom stereocenters. The van der Waals surface area contributed by atoms with Crippen molar-refractivity contribution in [1.29, 1.82) is 0 Å². The molecular formula is C11H22N2O2. The van der Waals surface area contributed by atoms with Crippen LogP contribution >= 0.6 is 0 Å². The highest BCUT2D eigenvalue weighted by Crippen LogP contribution is 2.19. The third-order valence-corrected chi connectivity index (χ3v) is 2.64. The van der Waals surface area contributed by atoms with Gasteiger partial charge in [-0.15, -0.1) is 0 Å². The number of aliphatic hydroxyl groups is 1. The molecule has 88 valence electrons. The molecule has 1 amide bonds. The molecule has 3 N–H and O–H groups in total. The first-order valence-corrected chi connectivity index (χ1v) is 5.90. The topological polar surface area (TPSA) is 61.4 Å². The van der Waals surface area contributed by atoms with Crippen molar-refractivity contribution in [3.05, 3.63) is 0 Å². The maximum absolute atomic E-state index is 11.6. The van der Waals surface area contributed by atoms with E-state index in [4.69, 9.17) is 0 Å².